The molecule has 0 spiro atoms. The molecule has 0 saturated carbocycles. The van der Waals surface area contributed by atoms with E-state index in [1.807, 2.05) is 33.9 Å². The number of aryl methyl sites for hydroxylation is 1. The minimum absolute atomic E-state index is 0.164. The molecule has 2 aromatic rings. The van der Waals surface area contributed by atoms with Crippen LogP contribution in [0.5, 0.6) is 5.75 Å². The van der Waals surface area contributed by atoms with Gasteiger partial charge in [0.2, 0.25) is 0 Å². The van der Waals surface area contributed by atoms with Crippen molar-refractivity contribution in [2.45, 2.75) is 144 Å². The Bertz CT molecular complexity index is 1500. The fourth-order valence-electron chi connectivity index (χ4n) is 4.23. The average Bonchev–Trinajstić information content (AvgIpc) is 3.35. The van der Waals surface area contributed by atoms with E-state index in [1.165, 1.54) is 0 Å². The van der Waals surface area contributed by atoms with Crippen LogP contribution in [-0.2, 0) is 36.5 Å². The van der Waals surface area contributed by atoms with E-state index in [-0.39, 0.29) is 24.7 Å². The lowest BCUT2D eigenvalue weighted by molar-refractivity contribution is -0.147. The molecule has 52 heavy (non-hydrogen) atoms. The average molecular weight is 749 g/mol. The minimum atomic E-state index is -2.36. The van der Waals surface area contributed by atoms with Crippen LogP contribution >= 0.6 is 0 Å². The molecule has 0 bridgehead atoms. The van der Waals surface area contributed by atoms with Gasteiger partial charge in [-0.3, -0.25) is 4.68 Å². The molecule has 3 amide bonds. The second-order valence-corrected chi connectivity index (χ2v) is 21.9. The van der Waals surface area contributed by atoms with Crippen molar-refractivity contribution in [3.05, 3.63) is 36.0 Å². The lowest BCUT2D eigenvalue weighted by Crippen LogP contribution is -2.47. The van der Waals surface area contributed by atoms with Gasteiger partial charge in [0.05, 0.1) is 17.9 Å². The second kappa shape index (κ2) is 17.1. The molecular weight excluding hydrogens is 689 g/mol. The molecule has 292 valence electrons. The molecule has 1 atom stereocenters. The molecule has 1 heterocycles. The predicted molar refractivity (Wildman–Crippen MR) is 200 cm³/mol. The van der Waals surface area contributed by atoms with Gasteiger partial charge >= 0.3 is 24.2 Å². The lowest BCUT2D eigenvalue weighted by atomic mass is 10.1. The molecule has 2 rings (SSSR count). The fourth-order valence-corrected chi connectivity index (χ4v) is 5.47. The van der Waals surface area contributed by atoms with Crippen LogP contribution < -0.4 is 10.1 Å². The highest BCUT2D eigenvalue weighted by Crippen LogP contribution is 2.37. The first-order chi connectivity index (χ1) is 23.6. The standard InChI is InChI=1S/C37H60N4O10Si/c1-34(2,3)48-31(44)38-20-15-21-41-26(23-40(32(45)49-35(4,5)6)33(46)50-36(7,8)9)22-28(39-41)25-16-18-27(19-17-25)47-24-29(30(42)43)51-52(13,14)37(10,11)12/h16-19,22,29H,15,20-21,23-24H2,1-14H3,(H,38,44)(H,42,43)/t29-/m1/s1. The Kier molecular flexibility index (Phi) is 14.5. The van der Waals surface area contributed by atoms with Gasteiger partial charge in [0.15, 0.2) is 14.4 Å². The molecule has 1 aromatic heterocycles. The summed E-state index contributed by atoms with van der Waals surface area (Å²) in [5.74, 6) is -0.643. The van der Waals surface area contributed by atoms with Crippen LogP contribution in [0.1, 0.15) is 95.2 Å². The van der Waals surface area contributed by atoms with Crippen molar-refractivity contribution in [3.63, 3.8) is 0 Å². The molecule has 2 N–H and O–H groups in total. The highest BCUT2D eigenvalue weighted by Gasteiger charge is 2.41. The van der Waals surface area contributed by atoms with Crippen molar-refractivity contribution < 1.29 is 47.7 Å². The molecule has 0 unspecified atom stereocenters. The Morgan fingerprint density at radius 1 is 0.846 bits per heavy atom. The zero-order valence-corrected chi connectivity index (χ0v) is 34.5. The molecule has 0 fully saturated rings. The summed E-state index contributed by atoms with van der Waals surface area (Å²) < 4.78 is 30.0. The van der Waals surface area contributed by atoms with Crippen LogP contribution in [0.25, 0.3) is 11.3 Å². The number of carbonyl (C=O) groups excluding carboxylic acids is 3. The number of alkyl carbamates (subject to hydrolysis) is 1. The number of amides is 3. The third-order valence-electron chi connectivity index (χ3n) is 7.70. The highest BCUT2D eigenvalue weighted by atomic mass is 28.4. The Balaban J connectivity index is 2.38. The van der Waals surface area contributed by atoms with Crippen molar-refractivity contribution in [3.8, 4) is 17.0 Å². The van der Waals surface area contributed by atoms with E-state index in [1.54, 1.807) is 97.3 Å². The van der Waals surface area contributed by atoms with Gasteiger partial charge in [-0.15, -0.1) is 0 Å². The number of nitrogens with one attached hydrogen (secondary N) is 1. The van der Waals surface area contributed by atoms with Crippen LogP contribution in [-0.4, -0.2) is 88.4 Å². The van der Waals surface area contributed by atoms with E-state index in [9.17, 15) is 24.3 Å². The molecule has 1 aromatic carbocycles. The quantitative estimate of drug-likeness (QED) is 0.116. The third kappa shape index (κ3) is 14.9. The number of hydrogen-bond donors (Lipinski definition) is 2. The number of aliphatic carboxylic acids is 1. The molecule has 0 aliphatic rings. The highest BCUT2D eigenvalue weighted by molar-refractivity contribution is 6.74. The van der Waals surface area contributed by atoms with Crippen molar-refractivity contribution in [1.29, 1.82) is 0 Å². The van der Waals surface area contributed by atoms with E-state index in [0.29, 0.717) is 35.7 Å². The maximum Gasteiger partial charge on any atom is 0.420 e. The molecule has 14 nitrogen and oxygen atoms in total. The van der Waals surface area contributed by atoms with Crippen molar-refractivity contribution in [1.82, 2.24) is 20.0 Å². The Morgan fingerprint density at radius 2 is 1.37 bits per heavy atom. The first-order valence-electron chi connectivity index (χ1n) is 17.5. The summed E-state index contributed by atoms with van der Waals surface area (Å²) >= 11 is 0. The summed E-state index contributed by atoms with van der Waals surface area (Å²) in [6.45, 7) is 25.9. The van der Waals surface area contributed by atoms with Crippen molar-refractivity contribution >= 4 is 32.6 Å². The van der Waals surface area contributed by atoms with E-state index in [0.717, 1.165) is 4.90 Å². The molecular formula is C37H60N4O10Si. The topological polar surface area (TPSA) is 168 Å². The van der Waals surface area contributed by atoms with Crippen molar-refractivity contribution in [2.75, 3.05) is 13.2 Å². The number of aromatic nitrogens is 2. The van der Waals surface area contributed by atoms with Gasteiger partial charge < -0.3 is 33.8 Å². The Morgan fingerprint density at radius 3 is 1.83 bits per heavy atom. The zero-order valence-electron chi connectivity index (χ0n) is 33.5. The van der Waals surface area contributed by atoms with Crippen LogP contribution in [0.3, 0.4) is 0 Å². The van der Waals surface area contributed by atoms with Crippen LogP contribution in [0.15, 0.2) is 30.3 Å². The number of carboxylic acid groups (broad SMARTS) is 1. The van der Waals surface area contributed by atoms with Gasteiger partial charge in [0.25, 0.3) is 0 Å². The minimum Gasteiger partial charge on any atom is -0.490 e. The van der Waals surface area contributed by atoms with Gasteiger partial charge in [-0.1, -0.05) is 20.8 Å². The summed E-state index contributed by atoms with van der Waals surface area (Å²) in [4.78, 5) is 51.7. The first kappa shape index (κ1) is 44.0. The van der Waals surface area contributed by atoms with E-state index < -0.39 is 55.5 Å². The third-order valence-corrected chi connectivity index (χ3v) is 12.2. The summed E-state index contributed by atoms with van der Waals surface area (Å²) in [5.41, 5.74) is -0.635. The summed E-state index contributed by atoms with van der Waals surface area (Å²) in [6, 6.07) is 8.72. The number of ether oxygens (including phenoxy) is 4. The van der Waals surface area contributed by atoms with Gasteiger partial charge in [0, 0.05) is 18.7 Å². The summed E-state index contributed by atoms with van der Waals surface area (Å²) in [7, 11) is -2.36. The fraction of sp³-hybridized carbons (Fsp3) is 0.649. The van der Waals surface area contributed by atoms with E-state index in [2.05, 4.69) is 5.32 Å². The Labute approximate surface area is 309 Å². The summed E-state index contributed by atoms with van der Waals surface area (Å²) in [5, 5.41) is 17.1. The van der Waals surface area contributed by atoms with E-state index >= 15 is 0 Å². The second-order valence-electron chi connectivity index (χ2n) is 17.1. The van der Waals surface area contributed by atoms with Crippen LogP contribution in [0.2, 0.25) is 18.1 Å². The molecule has 0 radical (unpaired) electrons. The van der Waals surface area contributed by atoms with E-state index in [4.69, 9.17) is 28.5 Å². The number of carboxylic acids is 1. The van der Waals surface area contributed by atoms with Gasteiger partial charge in [-0.2, -0.15) is 5.10 Å². The monoisotopic (exact) mass is 748 g/mol. The Hall–Kier alpha value is -4.11. The largest absolute Gasteiger partial charge is 0.490 e. The van der Waals surface area contributed by atoms with Crippen LogP contribution in [0.4, 0.5) is 14.4 Å². The SMILES string of the molecule is CC(C)(C)OC(=O)NCCCn1nc(-c2ccc(OC[C@@H](O[Si](C)(C)C(C)(C)C)C(=O)O)cc2)cc1CN(C(=O)OC(C)(C)C)C(=O)OC(C)(C)C. The van der Waals surface area contributed by atoms with Gasteiger partial charge in [0.1, 0.15) is 29.2 Å². The smallest absolute Gasteiger partial charge is 0.420 e. The van der Waals surface area contributed by atoms with Crippen molar-refractivity contribution in [2.24, 2.45) is 0 Å². The first-order valence-corrected chi connectivity index (χ1v) is 20.4. The molecule has 15 heteroatoms. The lowest BCUT2D eigenvalue weighted by Gasteiger charge is -2.38. The number of hydrogen-bond acceptors (Lipinski definition) is 10. The number of nitrogens with zero attached hydrogens (tertiary/aromatic N) is 3. The molecule has 0 aliphatic heterocycles. The maximum absolute atomic E-state index is 13.3. The zero-order chi connectivity index (χ0) is 39.9. The van der Waals surface area contributed by atoms with Gasteiger partial charge in [-0.05, 0) is 117 Å². The van der Waals surface area contributed by atoms with Crippen LogP contribution in [0, 0.1) is 0 Å². The number of benzene rings is 1. The number of carbonyl (C=O) groups is 4. The molecule has 0 aliphatic carbocycles. The predicted octanol–water partition coefficient (Wildman–Crippen LogP) is 7.99. The summed E-state index contributed by atoms with van der Waals surface area (Å²) in [6.07, 6.45) is -2.96. The number of imide groups is 1. The maximum atomic E-state index is 13.3. The normalized spacial score (nSPS) is 13.2. The number of rotatable bonds is 13. The van der Waals surface area contributed by atoms with Gasteiger partial charge in [-0.25, -0.2) is 24.1 Å². The molecule has 0 saturated heterocycles.